The van der Waals surface area contributed by atoms with Crippen LogP contribution in [0.15, 0.2) is 54.7 Å². The van der Waals surface area contributed by atoms with E-state index in [4.69, 9.17) is 0 Å². The Hall–Kier alpha value is -3.33. The van der Waals surface area contributed by atoms with Crippen LogP contribution in [0.25, 0.3) is 11.3 Å². The summed E-state index contributed by atoms with van der Waals surface area (Å²) in [6, 6.07) is 12.9. The summed E-state index contributed by atoms with van der Waals surface area (Å²) in [5, 5.41) is 5.75. The second kappa shape index (κ2) is 8.19. The third kappa shape index (κ3) is 4.30. The zero-order valence-electron chi connectivity index (χ0n) is 16.0. The number of rotatable bonds is 4. The molecule has 1 fully saturated rings. The van der Waals surface area contributed by atoms with Crippen LogP contribution < -0.4 is 15.5 Å². The first kappa shape index (κ1) is 20.0. The summed E-state index contributed by atoms with van der Waals surface area (Å²) in [6.45, 7) is 3.35. The van der Waals surface area contributed by atoms with E-state index in [1.807, 2.05) is 0 Å². The summed E-state index contributed by atoms with van der Waals surface area (Å²) in [5.41, 5.74) is -0.441. The average Bonchev–Trinajstić information content (AvgIpc) is 3.22. The molecule has 2 aromatic heterocycles. The number of nitrogens with one attached hydrogen (secondary N) is 3. The van der Waals surface area contributed by atoms with E-state index in [2.05, 4.69) is 25.5 Å². The van der Waals surface area contributed by atoms with Crippen LogP contribution >= 0.6 is 0 Å². The van der Waals surface area contributed by atoms with Crippen LogP contribution in [0, 0.1) is 0 Å². The zero-order valence-corrected chi connectivity index (χ0v) is 16.0. The maximum Gasteiger partial charge on any atom is 0.418 e. The molecule has 0 aliphatic carbocycles. The number of benzene rings is 1. The smallest absolute Gasteiger partial charge is 0.354 e. The van der Waals surface area contributed by atoms with Gasteiger partial charge in [-0.2, -0.15) is 13.2 Å². The van der Waals surface area contributed by atoms with Crippen molar-refractivity contribution in [2.24, 2.45) is 0 Å². The number of piperazine rings is 1. The monoisotopic (exact) mass is 415 g/mol. The number of halogens is 3. The van der Waals surface area contributed by atoms with Crippen molar-refractivity contribution in [3.05, 3.63) is 66.0 Å². The molecule has 3 aromatic rings. The minimum absolute atomic E-state index is 0.222. The molecule has 4 rings (SSSR count). The number of aromatic nitrogens is 2. The Morgan fingerprint density at radius 2 is 1.80 bits per heavy atom. The van der Waals surface area contributed by atoms with E-state index in [-0.39, 0.29) is 5.69 Å². The van der Waals surface area contributed by atoms with Gasteiger partial charge in [-0.3, -0.25) is 4.79 Å². The second-order valence-electron chi connectivity index (χ2n) is 6.93. The van der Waals surface area contributed by atoms with Crippen LogP contribution in [0.3, 0.4) is 0 Å². The van der Waals surface area contributed by atoms with Gasteiger partial charge in [0.05, 0.1) is 17.4 Å². The molecule has 0 atom stereocenters. The van der Waals surface area contributed by atoms with Gasteiger partial charge in [-0.1, -0.05) is 30.3 Å². The highest BCUT2D eigenvalue weighted by molar-refractivity contribution is 6.04. The lowest BCUT2D eigenvalue weighted by Gasteiger charge is -2.28. The first-order valence-electron chi connectivity index (χ1n) is 9.50. The zero-order chi connectivity index (χ0) is 21.1. The van der Waals surface area contributed by atoms with Gasteiger partial charge in [-0.25, -0.2) is 4.98 Å². The predicted octanol–water partition coefficient (Wildman–Crippen LogP) is 3.76. The lowest BCUT2D eigenvalue weighted by Crippen LogP contribution is -2.43. The van der Waals surface area contributed by atoms with E-state index < -0.39 is 23.3 Å². The molecular formula is C21H20F3N5O. The molecular weight excluding hydrogens is 395 g/mol. The topological polar surface area (TPSA) is 73.1 Å². The number of H-pyrrole nitrogens is 1. The lowest BCUT2D eigenvalue weighted by molar-refractivity contribution is -0.137. The summed E-state index contributed by atoms with van der Waals surface area (Å²) in [7, 11) is 0. The summed E-state index contributed by atoms with van der Waals surface area (Å²) in [6.07, 6.45) is -3.22. The Labute approximate surface area is 171 Å². The van der Waals surface area contributed by atoms with Crippen LogP contribution in [0.2, 0.25) is 0 Å². The molecule has 9 heteroatoms. The van der Waals surface area contributed by atoms with Crippen molar-refractivity contribution >= 4 is 17.4 Å². The number of anilines is 2. The van der Waals surface area contributed by atoms with Gasteiger partial charge in [0, 0.05) is 31.9 Å². The third-order valence-corrected chi connectivity index (χ3v) is 4.88. The molecule has 3 heterocycles. The van der Waals surface area contributed by atoms with Crippen molar-refractivity contribution in [3.63, 3.8) is 0 Å². The first-order chi connectivity index (χ1) is 14.4. The molecule has 30 heavy (non-hydrogen) atoms. The van der Waals surface area contributed by atoms with Gasteiger partial charge >= 0.3 is 6.18 Å². The van der Waals surface area contributed by atoms with Gasteiger partial charge < -0.3 is 20.5 Å². The van der Waals surface area contributed by atoms with Crippen LogP contribution in [0.5, 0.6) is 0 Å². The highest BCUT2D eigenvalue weighted by Crippen LogP contribution is 2.35. The van der Waals surface area contributed by atoms with Crippen molar-refractivity contribution in [3.8, 4) is 11.3 Å². The SMILES string of the molecule is O=C(Nc1ccc(N2CCNCC2)nc1)c1[nH]c(-c2ccccc2)cc1C(F)(F)F. The van der Waals surface area contributed by atoms with Crippen LogP contribution in [-0.2, 0) is 6.18 Å². The van der Waals surface area contributed by atoms with E-state index in [0.29, 0.717) is 11.3 Å². The molecule has 1 aliphatic heterocycles. The second-order valence-corrected chi connectivity index (χ2v) is 6.93. The molecule has 1 aromatic carbocycles. The fourth-order valence-electron chi connectivity index (χ4n) is 3.37. The number of carbonyl (C=O) groups excluding carboxylic acids is 1. The molecule has 1 amide bonds. The van der Waals surface area contributed by atoms with Gasteiger partial charge in [-0.15, -0.1) is 0 Å². The maximum atomic E-state index is 13.5. The fraction of sp³-hybridized carbons (Fsp3) is 0.238. The van der Waals surface area contributed by atoms with Gasteiger partial charge in [0.2, 0.25) is 0 Å². The molecule has 6 nitrogen and oxygen atoms in total. The van der Waals surface area contributed by atoms with Crippen molar-refractivity contribution in [1.82, 2.24) is 15.3 Å². The quantitative estimate of drug-likeness (QED) is 0.607. The minimum atomic E-state index is -4.67. The van der Waals surface area contributed by atoms with Crippen molar-refractivity contribution in [1.29, 1.82) is 0 Å². The van der Waals surface area contributed by atoms with Gasteiger partial charge in [0.1, 0.15) is 11.5 Å². The van der Waals surface area contributed by atoms with E-state index in [1.54, 1.807) is 42.5 Å². The largest absolute Gasteiger partial charge is 0.418 e. The molecule has 156 valence electrons. The molecule has 3 N–H and O–H groups in total. The number of amides is 1. The number of carbonyl (C=O) groups is 1. The number of aromatic amines is 1. The predicted molar refractivity (Wildman–Crippen MR) is 109 cm³/mol. The highest BCUT2D eigenvalue weighted by atomic mass is 19.4. The van der Waals surface area contributed by atoms with Crippen molar-refractivity contribution < 1.29 is 18.0 Å². The normalized spacial score (nSPS) is 14.6. The molecule has 1 aliphatic rings. The Balaban J connectivity index is 1.56. The van der Waals surface area contributed by atoms with E-state index >= 15 is 0 Å². The first-order valence-corrected chi connectivity index (χ1v) is 9.50. The van der Waals surface area contributed by atoms with Gasteiger partial charge in [0.25, 0.3) is 5.91 Å². The van der Waals surface area contributed by atoms with Crippen LogP contribution in [0.4, 0.5) is 24.7 Å². The maximum absolute atomic E-state index is 13.5. The minimum Gasteiger partial charge on any atom is -0.354 e. The fourth-order valence-corrected chi connectivity index (χ4v) is 3.37. The highest BCUT2D eigenvalue weighted by Gasteiger charge is 2.37. The Kier molecular flexibility index (Phi) is 5.45. The summed E-state index contributed by atoms with van der Waals surface area (Å²) < 4.78 is 40.5. The molecule has 0 unspecified atom stereocenters. The summed E-state index contributed by atoms with van der Waals surface area (Å²) >= 11 is 0. The van der Waals surface area contributed by atoms with Crippen LogP contribution in [-0.4, -0.2) is 42.1 Å². The van der Waals surface area contributed by atoms with Crippen molar-refractivity contribution in [2.45, 2.75) is 6.18 Å². The number of hydrogen-bond acceptors (Lipinski definition) is 4. The number of alkyl halides is 3. The lowest BCUT2D eigenvalue weighted by atomic mass is 10.1. The van der Waals surface area contributed by atoms with Crippen LogP contribution in [0.1, 0.15) is 16.1 Å². The Bertz CT molecular complexity index is 1010. The Morgan fingerprint density at radius 3 is 2.43 bits per heavy atom. The number of pyridine rings is 1. The third-order valence-electron chi connectivity index (χ3n) is 4.88. The number of hydrogen-bond donors (Lipinski definition) is 3. The molecule has 0 spiro atoms. The van der Waals surface area contributed by atoms with E-state index in [9.17, 15) is 18.0 Å². The molecule has 0 radical (unpaired) electrons. The number of nitrogens with zero attached hydrogens (tertiary/aromatic N) is 2. The van der Waals surface area contributed by atoms with Crippen molar-refractivity contribution in [2.75, 3.05) is 36.4 Å². The summed E-state index contributed by atoms with van der Waals surface area (Å²) in [5.74, 6) is -0.113. The standard InChI is InChI=1S/C21H20F3N5O/c22-21(23,24)16-12-17(14-4-2-1-3-5-14)28-19(16)20(30)27-15-6-7-18(26-13-15)29-10-8-25-9-11-29/h1-7,12-13,25,28H,8-11H2,(H,27,30). The van der Waals surface area contributed by atoms with E-state index in [0.717, 1.165) is 38.1 Å². The van der Waals surface area contributed by atoms with Gasteiger partial charge in [0.15, 0.2) is 0 Å². The molecule has 0 bridgehead atoms. The molecule has 1 saturated heterocycles. The Morgan fingerprint density at radius 1 is 1.07 bits per heavy atom. The summed E-state index contributed by atoms with van der Waals surface area (Å²) in [4.78, 5) is 21.7. The van der Waals surface area contributed by atoms with Gasteiger partial charge in [-0.05, 0) is 23.8 Å². The average molecular weight is 415 g/mol. The molecule has 0 saturated carbocycles. The van der Waals surface area contributed by atoms with E-state index in [1.165, 1.54) is 6.20 Å².